The largest absolute Gasteiger partial charge is 0.469 e. The number of nitrogens with zero attached hydrogens (tertiary/aromatic N) is 4. The van der Waals surface area contributed by atoms with Crippen molar-refractivity contribution in [1.82, 2.24) is 19.5 Å². The normalized spacial score (nSPS) is 10.6. The highest BCUT2D eigenvalue weighted by Crippen LogP contribution is 2.14. The van der Waals surface area contributed by atoms with Gasteiger partial charge in [0.1, 0.15) is 11.8 Å². The van der Waals surface area contributed by atoms with Crippen LogP contribution in [0.15, 0.2) is 12.7 Å². The van der Waals surface area contributed by atoms with Gasteiger partial charge >= 0.3 is 5.97 Å². The molecule has 0 aliphatic heterocycles. The Morgan fingerprint density at radius 3 is 3.06 bits per heavy atom. The summed E-state index contributed by atoms with van der Waals surface area (Å²) in [7, 11) is 1.38. The minimum Gasteiger partial charge on any atom is -0.469 e. The molecule has 0 fully saturated rings. The summed E-state index contributed by atoms with van der Waals surface area (Å²) in [4.78, 5) is 23.1. The van der Waals surface area contributed by atoms with Crippen LogP contribution in [-0.4, -0.2) is 32.6 Å². The van der Waals surface area contributed by atoms with E-state index in [0.717, 1.165) is 0 Å². The van der Waals surface area contributed by atoms with E-state index in [9.17, 15) is 4.79 Å². The minimum atomic E-state index is -0.219. The van der Waals surface area contributed by atoms with Crippen LogP contribution in [0.4, 0.5) is 5.82 Å². The summed E-state index contributed by atoms with van der Waals surface area (Å²) < 4.78 is 6.41. The van der Waals surface area contributed by atoms with Gasteiger partial charge in [-0.1, -0.05) is 0 Å². The number of esters is 1. The zero-order valence-corrected chi connectivity index (χ0v) is 9.46. The molecule has 0 aromatic carbocycles. The van der Waals surface area contributed by atoms with Crippen LogP contribution in [0.25, 0.3) is 11.2 Å². The van der Waals surface area contributed by atoms with Gasteiger partial charge < -0.3 is 15.0 Å². The first-order chi connectivity index (χ1) is 8.22. The van der Waals surface area contributed by atoms with Gasteiger partial charge in [-0.15, -0.1) is 0 Å². The van der Waals surface area contributed by atoms with Crippen molar-refractivity contribution in [2.45, 2.75) is 19.4 Å². The number of nitrogens with two attached hydrogens (primary N) is 1. The molecule has 0 radical (unpaired) electrons. The lowest BCUT2D eigenvalue weighted by Gasteiger charge is -2.02. The molecule has 17 heavy (non-hydrogen) atoms. The fourth-order valence-corrected chi connectivity index (χ4v) is 1.56. The van der Waals surface area contributed by atoms with Crippen molar-refractivity contribution < 1.29 is 9.53 Å². The summed E-state index contributed by atoms with van der Waals surface area (Å²) in [6.07, 6.45) is 4.09. The molecule has 0 saturated carbocycles. The monoisotopic (exact) mass is 235 g/mol. The second kappa shape index (κ2) is 4.77. The fourth-order valence-electron chi connectivity index (χ4n) is 1.56. The summed E-state index contributed by atoms with van der Waals surface area (Å²) in [6, 6.07) is 0. The number of anilines is 1. The second-order valence-electron chi connectivity index (χ2n) is 3.55. The van der Waals surface area contributed by atoms with Crippen LogP contribution < -0.4 is 5.73 Å². The third kappa shape index (κ3) is 2.32. The average molecular weight is 235 g/mol. The van der Waals surface area contributed by atoms with E-state index >= 15 is 0 Å². The Bertz CT molecular complexity index is 536. The maximum Gasteiger partial charge on any atom is 0.305 e. The van der Waals surface area contributed by atoms with Crippen LogP contribution in [0.1, 0.15) is 12.8 Å². The van der Waals surface area contributed by atoms with Gasteiger partial charge in [0.05, 0.1) is 13.4 Å². The maximum atomic E-state index is 11.0. The van der Waals surface area contributed by atoms with Gasteiger partial charge in [-0.25, -0.2) is 15.0 Å². The molecular formula is C10H13N5O2. The number of fused-ring (bicyclic) bond motifs is 1. The molecule has 7 heteroatoms. The maximum absolute atomic E-state index is 11.0. The zero-order valence-electron chi connectivity index (χ0n) is 9.46. The number of methoxy groups -OCH3 is 1. The molecule has 0 spiro atoms. The van der Waals surface area contributed by atoms with Crippen molar-refractivity contribution in [3.8, 4) is 0 Å². The number of carbonyl (C=O) groups is 1. The van der Waals surface area contributed by atoms with Crippen molar-refractivity contribution >= 4 is 23.0 Å². The highest BCUT2D eigenvalue weighted by Gasteiger charge is 2.08. The van der Waals surface area contributed by atoms with Crippen molar-refractivity contribution in [2.24, 2.45) is 0 Å². The first kappa shape index (κ1) is 11.3. The molecule has 0 bridgehead atoms. The molecule has 2 aromatic rings. The summed E-state index contributed by atoms with van der Waals surface area (Å²) in [5.41, 5.74) is 6.94. The van der Waals surface area contributed by atoms with Crippen LogP contribution in [0.5, 0.6) is 0 Å². The van der Waals surface area contributed by atoms with E-state index in [4.69, 9.17) is 5.73 Å². The Kier molecular flexibility index (Phi) is 3.17. The van der Waals surface area contributed by atoms with Crippen LogP contribution >= 0.6 is 0 Å². The summed E-state index contributed by atoms with van der Waals surface area (Å²) in [6.45, 7) is 0.641. The number of nitrogen functional groups attached to an aromatic ring is 1. The van der Waals surface area contributed by atoms with Gasteiger partial charge in [-0.05, 0) is 6.42 Å². The van der Waals surface area contributed by atoms with Gasteiger partial charge in [-0.3, -0.25) is 4.79 Å². The Morgan fingerprint density at radius 2 is 2.29 bits per heavy atom. The van der Waals surface area contributed by atoms with Gasteiger partial charge in [0.15, 0.2) is 11.5 Å². The first-order valence-corrected chi connectivity index (χ1v) is 5.20. The number of hydrogen-bond acceptors (Lipinski definition) is 6. The lowest BCUT2D eigenvalue weighted by molar-refractivity contribution is -0.140. The number of imidazole rings is 1. The molecule has 2 heterocycles. The molecule has 7 nitrogen and oxygen atoms in total. The van der Waals surface area contributed by atoms with Crippen LogP contribution in [-0.2, 0) is 16.1 Å². The average Bonchev–Trinajstić information content (AvgIpc) is 2.74. The van der Waals surface area contributed by atoms with Crippen molar-refractivity contribution in [3.63, 3.8) is 0 Å². The molecule has 0 aliphatic rings. The van der Waals surface area contributed by atoms with Crippen molar-refractivity contribution in [3.05, 3.63) is 12.7 Å². The minimum absolute atomic E-state index is 0.219. The molecule has 0 saturated heterocycles. The molecule has 0 atom stereocenters. The molecular weight excluding hydrogens is 222 g/mol. The van der Waals surface area contributed by atoms with E-state index in [-0.39, 0.29) is 5.97 Å². The highest BCUT2D eigenvalue weighted by atomic mass is 16.5. The molecule has 0 aliphatic carbocycles. The molecule has 2 aromatic heterocycles. The van der Waals surface area contributed by atoms with Gasteiger partial charge in [0.25, 0.3) is 0 Å². The Balaban J connectivity index is 2.09. The van der Waals surface area contributed by atoms with Gasteiger partial charge in [0, 0.05) is 13.0 Å². The predicted octanol–water partition coefficient (Wildman–Crippen LogP) is 0.362. The van der Waals surface area contributed by atoms with E-state index in [1.807, 2.05) is 4.57 Å². The van der Waals surface area contributed by atoms with Crippen molar-refractivity contribution in [2.75, 3.05) is 12.8 Å². The number of rotatable bonds is 4. The lowest BCUT2D eigenvalue weighted by atomic mass is 10.3. The topological polar surface area (TPSA) is 95.9 Å². The Labute approximate surface area is 97.6 Å². The predicted molar refractivity (Wildman–Crippen MR) is 61.0 cm³/mol. The lowest BCUT2D eigenvalue weighted by Crippen LogP contribution is -2.04. The number of aryl methyl sites for hydroxylation is 1. The Morgan fingerprint density at radius 1 is 1.47 bits per heavy atom. The SMILES string of the molecule is COC(=O)CCCn1cnc2c(N)ncnc21. The van der Waals surface area contributed by atoms with Crippen LogP contribution in [0.3, 0.4) is 0 Å². The quantitative estimate of drug-likeness (QED) is 0.769. The summed E-state index contributed by atoms with van der Waals surface area (Å²) in [5.74, 6) is 0.144. The van der Waals surface area contributed by atoms with E-state index < -0.39 is 0 Å². The molecule has 0 amide bonds. The Hall–Kier alpha value is -2.18. The molecule has 90 valence electrons. The standard InChI is InChI=1S/C10H13N5O2/c1-17-7(16)3-2-4-15-6-14-8-9(11)12-5-13-10(8)15/h5-6H,2-4H2,1H3,(H2,11,12,13). The fraction of sp³-hybridized carbons (Fsp3) is 0.400. The number of aromatic nitrogens is 4. The molecule has 2 rings (SSSR count). The van der Waals surface area contributed by atoms with Crippen LogP contribution in [0, 0.1) is 0 Å². The van der Waals surface area contributed by atoms with Gasteiger partial charge in [-0.2, -0.15) is 0 Å². The third-order valence-corrected chi connectivity index (χ3v) is 2.44. The van der Waals surface area contributed by atoms with Crippen LogP contribution in [0.2, 0.25) is 0 Å². The number of carbonyl (C=O) groups excluding carboxylic acids is 1. The summed E-state index contributed by atoms with van der Waals surface area (Å²) in [5, 5.41) is 0. The van der Waals surface area contributed by atoms with E-state index in [1.54, 1.807) is 6.33 Å². The molecule has 0 unspecified atom stereocenters. The number of hydrogen-bond donors (Lipinski definition) is 1. The van der Waals surface area contributed by atoms with E-state index in [0.29, 0.717) is 36.4 Å². The smallest absolute Gasteiger partial charge is 0.305 e. The van der Waals surface area contributed by atoms with E-state index in [1.165, 1.54) is 13.4 Å². The van der Waals surface area contributed by atoms with Gasteiger partial charge in [0.2, 0.25) is 0 Å². The molecule has 2 N–H and O–H groups in total. The number of ether oxygens (including phenoxy) is 1. The zero-order chi connectivity index (χ0) is 12.3. The third-order valence-electron chi connectivity index (χ3n) is 2.44. The second-order valence-corrected chi connectivity index (χ2v) is 3.55. The summed E-state index contributed by atoms with van der Waals surface area (Å²) >= 11 is 0. The van der Waals surface area contributed by atoms with E-state index in [2.05, 4.69) is 19.7 Å². The van der Waals surface area contributed by atoms with Crippen molar-refractivity contribution in [1.29, 1.82) is 0 Å². The first-order valence-electron chi connectivity index (χ1n) is 5.20. The highest BCUT2D eigenvalue weighted by molar-refractivity contribution is 5.81.